The number of hydrogen-bond donors (Lipinski definition) is 2. The number of benzene rings is 1. The van der Waals surface area contributed by atoms with Crippen LogP contribution in [0.4, 0.5) is 0 Å². The number of rotatable bonds is 4. The van der Waals surface area contributed by atoms with Crippen LogP contribution >= 0.6 is 0 Å². The number of aliphatic hydroxyl groups excluding tert-OH is 1. The predicted molar refractivity (Wildman–Crippen MR) is 61.6 cm³/mol. The molecule has 0 saturated carbocycles. The Balaban J connectivity index is 2.50. The van der Waals surface area contributed by atoms with E-state index >= 15 is 0 Å². The van der Waals surface area contributed by atoms with Crippen LogP contribution in [0.1, 0.15) is 5.56 Å². The quantitative estimate of drug-likeness (QED) is 0.438. The molecule has 5 nitrogen and oxygen atoms in total. The van der Waals surface area contributed by atoms with Crippen LogP contribution in [-0.4, -0.2) is 29.7 Å². The molecule has 0 aliphatic rings. The third-order valence-corrected chi connectivity index (χ3v) is 1.91. The van der Waals surface area contributed by atoms with Crippen molar-refractivity contribution in [3.63, 3.8) is 0 Å². The lowest BCUT2D eigenvalue weighted by Gasteiger charge is -2.04. The third kappa shape index (κ3) is 4.58. The second-order valence-electron chi connectivity index (χ2n) is 3.27. The van der Waals surface area contributed by atoms with Crippen molar-refractivity contribution < 1.29 is 19.4 Å². The SMILES string of the molecule is N[C@@H](CO)C(=O)OC(=O)/C=C/c1ccccc1. The van der Waals surface area contributed by atoms with E-state index in [9.17, 15) is 9.59 Å². The molecular formula is C12H13NO4. The number of ether oxygens (including phenoxy) is 1. The van der Waals surface area contributed by atoms with Crippen LogP contribution in [-0.2, 0) is 14.3 Å². The van der Waals surface area contributed by atoms with Crippen molar-refractivity contribution in [3.8, 4) is 0 Å². The molecule has 17 heavy (non-hydrogen) atoms. The van der Waals surface area contributed by atoms with E-state index in [0.29, 0.717) is 0 Å². The minimum atomic E-state index is -1.19. The van der Waals surface area contributed by atoms with E-state index in [0.717, 1.165) is 11.6 Å². The molecule has 0 aliphatic carbocycles. The highest BCUT2D eigenvalue weighted by Crippen LogP contribution is 2.01. The fourth-order valence-corrected chi connectivity index (χ4v) is 1.01. The van der Waals surface area contributed by atoms with Gasteiger partial charge in [0.1, 0.15) is 6.04 Å². The molecule has 5 heteroatoms. The number of hydrogen-bond acceptors (Lipinski definition) is 5. The van der Waals surface area contributed by atoms with Gasteiger partial charge in [-0.05, 0) is 11.6 Å². The van der Waals surface area contributed by atoms with Crippen molar-refractivity contribution in [2.45, 2.75) is 6.04 Å². The summed E-state index contributed by atoms with van der Waals surface area (Å²) in [4.78, 5) is 22.2. The zero-order valence-corrected chi connectivity index (χ0v) is 9.08. The minimum absolute atomic E-state index is 0.561. The van der Waals surface area contributed by atoms with Crippen molar-refractivity contribution in [2.24, 2.45) is 5.73 Å². The van der Waals surface area contributed by atoms with Gasteiger partial charge in [0.2, 0.25) is 0 Å². The average Bonchev–Trinajstić information content (AvgIpc) is 2.36. The summed E-state index contributed by atoms with van der Waals surface area (Å²) < 4.78 is 4.38. The summed E-state index contributed by atoms with van der Waals surface area (Å²) in [6, 6.07) is 7.88. The number of esters is 2. The van der Waals surface area contributed by atoms with Gasteiger partial charge in [-0.25, -0.2) is 9.59 Å². The Hall–Kier alpha value is -1.98. The summed E-state index contributed by atoms with van der Waals surface area (Å²) in [6.45, 7) is -0.561. The van der Waals surface area contributed by atoms with Gasteiger partial charge in [-0.2, -0.15) is 0 Å². The summed E-state index contributed by atoms with van der Waals surface area (Å²) in [5, 5.41) is 8.57. The van der Waals surface area contributed by atoms with Crippen LogP contribution in [0.25, 0.3) is 6.08 Å². The van der Waals surface area contributed by atoms with Crippen LogP contribution in [0.2, 0.25) is 0 Å². The topological polar surface area (TPSA) is 89.6 Å². The van der Waals surface area contributed by atoms with Crippen molar-refractivity contribution in [1.29, 1.82) is 0 Å². The van der Waals surface area contributed by atoms with Crippen molar-refractivity contribution in [3.05, 3.63) is 42.0 Å². The third-order valence-electron chi connectivity index (χ3n) is 1.91. The fourth-order valence-electron chi connectivity index (χ4n) is 1.01. The molecule has 0 spiro atoms. The maximum absolute atomic E-state index is 11.2. The Kier molecular flexibility index (Phi) is 5.06. The monoisotopic (exact) mass is 235 g/mol. The predicted octanol–water partition coefficient (Wildman–Crippen LogP) is 0.0892. The van der Waals surface area contributed by atoms with E-state index in [2.05, 4.69) is 4.74 Å². The van der Waals surface area contributed by atoms with Gasteiger partial charge in [0.25, 0.3) is 0 Å². The van der Waals surface area contributed by atoms with Crippen LogP contribution in [0.5, 0.6) is 0 Å². The lowest BCUT2D eigenvalue weighted by molar-refractivity contribution is -0.157. The van der Waals surface area contributed by atoms with E-state index in [1.165, 1.54) is 6.08 Å². The minimum Gasteiger partial charge on any atom is -0.394 e. The molecule has 0 saturated heterocycles. The Labute approximate surface area is 98.5 Å². The molecule has 0 amide bonds. The maximum Gasteiger partial charge on any atom is 0.338 e. The first-order valence-electron chi connectivity index (χ1n) is 4.98. The van der Waals surface area contributed by atoms with Gasteiger partial charge in [0.05, 0.1) is 6.61 Å². The maximum atomic E-state index is 11.2. The molecule has 1 aromatic rings. The summed E-state index contributed by atoms with van der Waals surface area (Å²) in [6.07, 6.45) is 2.64. The van der Waals surface area contributed by atoms with Gasteiger partial charge in [0.15, 0.2) is 0 Å². The summed E-state index contributed by atoms with van der Waals surface area (Å²) in [5.41, 5.74) is 5.98. The van der Waals surface area contributed by atoms with Crippen molar-refractivity contribution in [2.75, 3.05) is 6.61 Å². The van der Waals surface area contributed by atoms with Gasteiger partial charge >= 0.3 is 11.9 Å². The molecule has 0 heterocycles. The molecule has 90 valence electrons. The zero-order valence-electron chi connectivity index (χ0n) is 9.08. The first-order chi connectivity index (χ1) is 8.13. The average molecular weight is 235 g/mol. The van der Waals surface area contributed by atoms with Gasteiger partial charge in [-0.3, -0.25) is 0 Å². The lowest BCUT2D eigenvalue weighted by atomic mass is 10.2. The van der Waals surface area contributed by atoms with E-state index in [1.807, 2.05) is 18.2 Å². The van der Waals surface area contributed by atoms with Crippen molar-refractivity contribution in [1.82, 2.24) is 0 Å². The Bertz CT molecular complexity index is 414. The van der Waals surface area contributed by atoms with E-state index in [-0.39, 0.29) is 0 Å². The normalized spacial score (nSPS) is 12.4. The smallest absolute Gasteiger partial charge is 0.338 e. The molecular weight excluding hydrogens is 222 g/mol. The first-order valence-corrected chi connectivity index (χ1v) is 4.98. The number of nitrogens with two attached hydrogens (primary N) is 1. The summed E-state index contributed by atoms with van der Waals surface area (Å²) >= 11 is 0. The molecule has 1 aromatic carbocycles. The molecule has 3 N–H and O–H groups in total. The van der Waals surface area contributed by atoms with E-state index < -0.39 is 24.6 Å². The standard InChI is InChI=1S/C12H13NO4/c13-10(8-14)12(16)17-11(15)7-6-9-4-2-1-3-5-9/h1-7,10,14H,8,13H2/b7-6+/t10-/m0/s1. The number of carbonyl (C=O) groups excluding carboxylic acids is 2. The molecule has 0 bridgehead atoms. The molecule has 1 atom stereocenters. The number of aliphatic hydroxyl groups is 1. The van der Waals surface area contributed by atoms with Crippen LogP contribution < -0.4 is 5.73 Å². The lowest BCUT2D eigenvalue weighted by Crippen LogP contribution is -2.36. The Morgan fingerprint density at radius 1 is 1.35 bits per heavy atom. The highest BCUT2D eigenvalue weighted by atomic mass is 16.6. The highest BCUT2D eigenvalue weighted by Gasteiger charge is 2.16. The van der Waals surface area contributed by atoms with Gasteiger partial charge in [-0.1, -0.05) is 30.3 Å². The summed E-state index contributed by atoms with van der Waals surface area (Å²) in [7, 11) is 0. The van der Waals surface area contributed by atoms with E-state index in [1.54, 1.807) is 12.1 Å². The Morgan fingerprint density at radius 3 is 2.59 bits per heavy atom. The molecule has 0 aliphatic heterocycles. The Morgan fingerprint density at radius 2 is 2.00 bits per heavy atom. The van der Waals surface area contributed by atoms with Crippen LogP contribution in [0.3, 0.4) is 0 Å². The highest BCUT2D eigenvalue weighted by molar-refractivity contribution is 5.96. The molecule has 0 aromatic heterocycles. The van der Waals surface area contributed by atoms with Gasteiger partial charge < -0.3 is 15.6 Å². The molecule has 0 radical (unpaired) electrons. The fraction of sp³-hybridized carbons (Fsp3) is 0.167. The number of carbonyl (C=O) groups is 2. The second kappa shape index (κ2) is 6.57. The van der Waals surface area contributed by atoms with Gasteiger partial charge in [0, 0.05) is 6.08 Å². The van der Waals surface area contributed by atoms with E-state index in [4.69, 9.17) is 10.8 Å². The molecule has 0 unspecified atom stereocenters. The second-order valence-corrected chi connectivity index (χ2v) is 3.27. The van der Waals surface area contributed by atoms with Crippen molar-refractivity contribution >= 4 is 18.0 Å². The molecule has 0 fully saturated rings. The zero-order chi connectivity index (χ0) is 12.7. The summed E-state index contributed by atoms with van der Waals surface area (Å²) in [5.74, 6) is -1.77. The molecule has 1 rings (SSSR count). The first kappa shape index (κ1) is 13.1. The van der Waals surface area contributed by atoms with Gasteiger partial charge in [-0.15, -0.1) is 0 Å². The van der Waals surface area contributed by atoms with Crippen LogP contribution in [0, 0.1) is 0 Å². The largest absolute Gasteiger partial charge is 0.394 e. The van der Waals surface area contributed by atoms with Crippen LogP contribution in [0.15, 0.2) is 36.4 Å².